The maximum absolute atomic E-state index is 11.3. The predicted octanol–water partition coefficient (Wildman–Crippen LogP) is 3.94. The Morgan fingerprint density at radius 3 is 2.68 bits per heavy atom. The molecule has 0 aromatic heterocycles. The fourth-order valence-corrected chi connectivity index (χ4v) is 2.10. The van der Waals surface area contributed by atoms with E-state index in [1.165, 1.54) is 6.92 Å². The van der Waals surface area contributed by atoms with Crippen LogP contribution >= 0.6 is 15.9 Å². The van der Waals surface area contributed by atoms with Gasteiger partial charge in [0.2, 0.25) is 0 Å². The van der Waals surface area contributed by atoms with Crippen LogP contribution in [0.5, 0.6) is 11.5 Å². The van der Waals surface area contributed by atoms with Crippen LogP contribution in [0.2, 0.25) is 0 Å². The second kappa shape index (κ2) is 5.99. The van der Waals surface area contributed by atoms with Crippen LogP contribution in [0, 0.1) is 0 Å². The summed E-state index contributed by atoms with van der Waals surface area (Å²) >= 11 is 3.38. The van der Waals surface area contributed by atoms with Gasteiger partial charge in [-0.15, -0.1) is 0 Å². The first-order valence-corrected chi connectivity index (χ1v) is 6.57. The zero-order valence-corrected chi connectivity index (χ0v) is 12.0. The quantitative estimate of drug-likeness (QED) is 0.868. The number of ether oxygens (including phenoxy) is 1. The Labute approximate surface area is 120 Å². The molecule has 0 fully saturated rings. The van der Waals surface area contributed by atoms with E-state index in [2.05, 4.69) is 15.9 Å². The van der Waals surface area contributed by atoms with E-state index >= 15 is 0 Å². The van der Waals surface area contributed by atoms with Gasteiger partial charge in [-0.05, 0) is 58.7 Å². The van der Waals surface area contributed by atoms with Crippen LogP contribution in [0.15, 0.2) is 46.9 Å². The average Bonchev–Trinajstić information content (AvgIpc) is 2.41. The lowest BCUT2D eigenvalue weighted by atomic mass is 10.1. The van der Waals surface area contributed by atoms with Crippen LogP contribution in [0.3, 0.4) is 0 Å². The molecular formula is C15H13BrO3. The maximum atomic E-state index is 11.3. The van der Waals surface area contributed by atoms with Gasteiger partial charge in [-0.2, -0.15) is 0 Å². The summed E-state index contributed by atoms with van der Waals surface area (Å²) in [5.41, 5.74) is 1.41. The van der Waals surface area contributed by atoms with Crippen LogP contribution in [0.4, 0.5) is 0 Å². The van der Waals surface area contributed by atoms with Gasteiger partial charge < -0.3 is 9.84 Å². The second-order valence-corrected chi connectivity index (χ2v) is 4.96. The number of hydrogen-bond donors (Lipinski definition) is 1. The Morgan fingerprint density at radius 2 is 2.05 bits per heavy atom. The van der Waals surface area contributed by atoms with Crippen molar-refractivity contribution >= 4 is 21.7 Å². The molecule has 0 heterocycles. The number of halogens is 1. The van der Waals surface area contributed by atoms with Gasteiger partial charge in [0.25, 0.3) is 0 Å². The highest BCUT2D eigenvalue weighted by Crippen LogP contribution is 2.31. The highest BCUT2D eigenvalue weighted by atomic mass is 79.9. The van der Waals surface area contributed by atoms with Gasteiger partial charge >= 0.3 is 0 Å². The van der Waals surface area contributed by atoms with Crippen molar-refractivity contribution in [2.75, 3.05) is 0 Å². The van der Waals surface area contributed by atoms with Crippen molar-refractivity contribution in [2.24, 2.45) is 0 Å². The molecule has 19 heavy (non-hydrogen) atoms. The summed E-state index contributed by atoms with van der Waals surface area (Å²) in [7, 11) is 0. The molecule has 98 valence electrons. The molecule has 2 aromatic carbocycles. The molecule has 2 rings (SSSR count). The van der Waals surface area contributed by atoms with E-state index in [0.29, 0.717) is 17.1 Å². The van der Waals surface area contributed by atoms with Gasteiger partial charge in [0.15, 0.2) is 5.78 Å². The molecule has 0 atom stereocenters. The van der Waals surface area contributed by atoms with Gasteiger partial charge in [-0.25, -0.2) is 0 Å². The van der Waals surface area contributed by atoms with E-state index in [-0.39, 0.29) is 12.4 Å². The molecule has 0 spiro atoms. The van der Waals surface area contributed by atoms with Crippen molar-refractivity contribution in [1.29, 1.82) is 0 Å². The SMILES string of the molecule is CC(=O)c1ccc(Oc2cccc(CO)c2)c(Br)c1. The standard InChI is InChI=1S/C15H13BrO3/c1-10(18)12-5-6-15(14(16)8-12)19-13-4-2-3-11(7-13)9-17/h2-8,17H,9H2,1H3. The van der Waals surface area contributed by atoms with Crippen molar-refractivity contribution in [3.8, 4) is 11.5 Å². The largest absolute Gasteiger partial charge is 0.456 e. The fourth-order valence-electron chi connectivity index (χ4n) is 1.64. The Hall–Kier alpha value is -1.65. The molecular weight excluding hydrogens is 308 g/mol. The Morgan fingerprint density at radius 1 is 1.26 bits per heavy atom. The number of aliphatic hydroxyl groups excluding tert-OH is 1. The first-order chi connectivity index (χ1) is 9.10. The zero-order chi connectivity index (χ0) is 13.8. The van der Waals surface area contributed by atoms with E-state index in [4.69, 9.17) is 9.84 Å². The van der Waals surface area contributed by atoms with Crippen molar-refractivity contribution in [2.45, 2.75) is 13.5 Å². The minimum atomic E-state index is -0.0261. The molecule has 0 radical (unpaired) electrons. The van der Waals surface area contributed by atoms with Gasteiger partial charge in [-0.3, -0.25) is 4.79 Å². The smallest absolute Gasteiger partial charge is 0.159 e. The predicted molar refractivity (Wildman–Crippen MR) is 76.6 cm³/mol. The first-order valence-electron chi connectivity index (χ1n) is 5.78. The number of carbonyl (C=O) groups is 1. The molecule has 0 saturated heterocycles. The lowest BCUT2D eigenvalue weighted by molar-refractivity contribution is 0.101. The van der Waals surface area contributed by atoms with Gasteiger partial charge in [0, 0.05) is 5.56 Å². The molecule has 0 amide bonds. The molecule has 1 N–H and O–H groups in total. The van der Waals surface area contributed by atoms with E-state index in [0.717, 1.165) is 10.0 Å². The molecule has 0 aliphatic rings. The summed E-state index contributed by atoms with van der Waals surface area (Å²) in [6, 6.07) is 12.4. The topological polar surface area (TPSA) is 46.5 Å². The van der Waals surface area contributed by atoms with E-state index in [1.54, 1.807) is 24.3 Å². The van der Waals surface area contributed by atoms with Gasteiger partial charge in [0.05, 0.1) is 11.1 Å². The van der Waals surface area contributed by atoms with Crippen molar-refractivity contribution in [1.82, 2.24) is 0 Å². The lowest BCUT2D eigenvalue weighted by Crippen LogP contribution is -1.93. The van der Waals surface area contributed by atoms with Gasteiger partial charge in [0.1, 0.15) is 11.5 Å². The number of benzene rings is 2. The highest BCUT2D eigenvalue weighted by Gasteiger charge is 2.07. The highest BCUT2D eigenvalue weighted by molar-refractivity contribution is 9.10. The summed E-state index contributed by atoms with van der Waals surface area (Å²) in [5, 5.41) is 9.08. The second-order valence-electron chi connectivity index (χ2n) is 4.11. The van der Waals surface area contributed by atoms with Crippen molar-refractivity contribution in [3.05, 3.63) is 58.1 Å². The average molecular weight is 321 g/mol. The lowest BCUT2D eigenvalue weighted by Gasteiger charge is -2.09. The zero-order valence-electron chi connectivity index (χ0n) is 10.4. The molecule has 0 bridgehead atoms. The number of aliphatic hydroxyl groups is 1. The monoisotopic (exact) mass is 320 g/mol. The summed E-state index contributed by atoms with van der Waals surface area (Å²) in [6.45, 7) is 1.49. The van der Waals surface area contributed by atoms with Crippen LogP contribution in [0.1, 0.15) is 22.8 Å². The summed E-state index contributed by atoms with van der Waals surface area (Å²) in [5.74, 6) is 1.28. The van der Waals surface area contributed by atoms with E-state index in [1.807, 2.05) is 18.2 Å². The van der Waals surface area contributed by atoms with Crippen LogP contribution < -0.4 is 4.74 Å². The minimum Gasteiger partial charge on any atom is -0.456 e. The summed E-state index contributed by atoms with van der Waals surface area (Å²) in [6.07, 6.45) is 0. The fraction of sp³-hybridized carbons (Fsp3) is 0.133. The third kappa shape index (κ3) is 3.43. The van der Waals surface area contributed by atoms with Gasteiger partial charge in [-0.1, -0.05) is 12.1 Å². The Bertz CT molecular complexity index is 608. The maximum Gasteiger partial charge on any atom is 0.159 e. The molecule has 0 aliphatic carbocycles. The number of Topliss-reactive ketones (excluding diaryl/α,β-unsaturated/α-hetero) is 1. The summed E-state index contributed by atoms with van der Waals surface area (Å²) < 4.78 is 6.43. The minimum absolute atomic E-state index is 0.00882. The number of hydrogen-bond acceptors (Lipinski definition) is 3. The Kier molecular flexibility index (Phi) is 4.35. The number of carbonyl (C=O) groups excluding carboxylic acids is 1. The van der Waals surface area contributed by atoms with Crippen molar-refractivity contribution < 1.29 is 14.6 Å². The van der Waals surface area contributed by atoms with Crippen LogP contribution in [-0.4, -0.2) is 10.9 Å². The molecule has 0 aliphatic heterocycles. The van der Waals surface area contributed by atoms with Crippen molar-refractivity contribution in [3.63, 3.8) is 0 Å². The number of rotatable bonds is 4. The third-order valence-electron chi connectivity index (χ3n) is 2.65. The number of ketones is 1. The first kappa shape index (κ1) is 13.8. The molecule has 0 saturated carbocycles. The van der Waals surface area contributed by atoms with E-state index < -0.39 is 0 Å². The molecule has 3 nitrogen and oxygen atoms in total. The Balaban J connectivity index is 2.25. The summed E-state index contributed by atoms with van der Waals surface area (Å²) in [4.78, 5) is 11.3. The van der Waals surface area contributed by atoms with Crippen LogP contribution in [-0.2, 0) is 6.61 Å². The molecule has 0 unspecified atom stereocenters. The third-order valence-corrected chi connectivity index (χ3v) is 3.27. The van der Waals surface area contributed by atoms with Crippen LogP contribution in [0.25, 0.3) is 0 Å². The van der Waals surface area contributed by atoms with E-state index in [9.17, 15) is 4.79 Å². The normalized spacial score (nSPS) is 10.3. The molecule has 2 aromatic rings. The molecule has 4 heteroatoms.